The first-order valence-electron chi connectivity index (χ1n) is 3.09. The van der Waals surface area contributed by atoms with Gasteiger partial charge in [0, 0.05) is 16.5 Å². The van der Waals surface area contributed by atoms with Crippen molar-refractivity contribution in [1.82, 2.24) is 10.2 Å². The van der Waals surface area contributed by atoms with Crippen LogP contribution >= 0.6 is 11.6 Å². The number of H-pyrrole nitrogens is 1. The van der Waals surface area contributed by atoms with Crippen molar-refractivity contribution in [1.29, 1.82) is 0 Å². The predicted molar refractivity (Wildman–Crippen MR) is 42.8 cm³/mol. The molecule has 0 atom stereocenters. The molecule has 0 bridgehead atoms. The topological polar surface area (TPSA) is 48.9 Å². The lowest BCUT2D eigenvalue weighted by Crippen LogP contribution is -1.71. The van der Waals surface area contributed by atoms with Gasteiger partial charge in [0.1, 0.15) is 11.3 Å². The van der Waals surface area contributed by atoms with E-state index in [1.165, 1.54) is 6.07 Å². The molecule has 0 aliphatic carbocycles. The first-order valence-corrected chi connectivity index (χ1v) is 3.47. The van der Waals surface area contributed by atoms with E-state index in [4.69, 9.17) is 11.6 Å². The van der Waals surface area contributed by atoms with Crippen LogP contribution in [0.25, 0.3) is 10.9 Å². The number of nitrogens with one attached hydrogen (secondary N) is 1. The van der Waals surface area contributed by atoms with Crippen LogP contribution in [0.5, 0.6) is 5.75 Å². The highest BCUT2D eigenvalue weighted by Crippen LogP contribution is 2.26. The molecule has 11 heavy (non-hydrogen) atoms. The van der Waals surface area contributed by atoms with Gasteiger partial charge < -0.3 is 5.11 Å². The molecule has 0 saturated carbocycles. The number of aromatic hydroxyl groups is 1. The van der Waals surface area contributed by atoms with E-state index in [9.17, 15) is 5.11 Å². The quantitative estimate of drug-likeness (QED) is 0.632. The van der Waals surface area contributed by atoms with Crippen LogP contribution in [-0.4, -0.2) is 15.3 Å². The van der Waals surface area contributed by atoms with Crippen molar-refractivity contribution in [3.05, 3.63) is 23.4 Å². The number of phenols is 1. The summed E-state index contributed by atoms with van der Waals surface area (Å²) in [5.41, 5.74) is 0.620. The Morgan fingerprint density at radius 3 is 3.09 bits per heavy atom. The maximum absolute atomic E-state index is 9.29. The molecule has 56 valence electrons. The molecule has 0 saturated heterocycles. The third-order valence-electron chi connectivity index (χ3n) is 1.49. The van der Waals surface area contributed by atoms with E-state index in [0.717, 1.165) is 5.39 Å². The summed E-state index contributed by atoms with van der Waals surface area (Å²) in [5.74, 6) is 0.130. The van der Waals surface area contributed by atoms with Crippen molar-refractivity contribution in [2.75, 3.05) is 0 Å². The zero-order valence-electron chi connectivity index (χ0n) is 5.50. The van der Waals surface area contributed by atoms with Gasteiger partial charge in [-0.25, -0.2) is 0 Å². The van der Waals surface area contributed by atoms with Gasteiger partial charge in [0.25, 0.3) is 0 Å². The average Bonchev–Trinajstić information content (AvgIpc) is 2.34. The van der Waals surface area contributed by atoms with Crippen LogP contribution in [0, 0.1) is 0 Å². The fraction of sp³-hybridized carbons (Fsp3) is 0. The van der Waals surface area contributed by atoms with Crippen LogP contribution in [0.2, 0.25) is 5.02 Å². The second-order valence-corrected chi connectivity index (χ2v) is 2.70. The Morgan fingerprint density at radius 1 is 1.45 bits per heavy atom. The molecule has 2 N–H and O–H groups in total. The summed E-state index contributed by atoms with van der Waals surface area (Å²) < 4.78 is 0. The zero-order valence-corrected chi connectivity index (χ0v) is 6.26. The molecule has 3 nitrogen and oxygen atoms in total. The molecule has 0 unspecified atom stereocenters. The standard InChI is InChI=1S/C7H5ClN2O/c8-5-1-4-3-9-10-7(4)6(11)2-5/h1-3,11H,(H,9,10). The van der Waals surface area contributed by atoms with Crippen molar-refractivity contribution in [2.24, 2.45) is 0 Å². The van der Waals surface area contributed by atoms with Gasteiger partial charge in [-0.2, -0.15) is 5.10 Å². The van der Waals surface area contributed by atoms with Crippen LogP contribution in [0.1, 0.15) is 0 Å². The van der Waals surface area contributed by atoms with Crippen molar-refractivity contribution >= 4 is 22.5 Å². The zero-order chi connectivity index (χ0) is 7.84. The number of phenolic OH excluding ortho intramolecular Hbond substituents is 1. The number of hydrogen-bond donors (Lipinski definition) is 2. The molecule has 1 heterocycles. The van der Waals surface area contributed by atoms with Gasteiger partial charge in [-0.3, -0.25) is 5.10 Å². The second kappa shape index (κ2) is 2.13. The molecular weight excluding hydrogens is 164 g/mol. The van der Waals surface area contributed by atoms with Crippen LogP contribution in [0.15, 0.2) is 18.3 Å². The summed E-state index contributed by atoms with van der Waals surface area (Å²) in [4.78, 5) is 0. The minimum Gasteiger partial charge on any atom is -0.506 e. The summed E-state index contributed by atoms with van der Waals surface area (Å²) in [6.45, 7) is 0. The molecule has 1 aromatic heterocycles. The lowest BCUT2D eigenvalue weighted by molar-refractivity contribution is 0.480. The third kappa shape index (κ3) is 0.935. The normalized spacial score (nSPS) is 10.6. The molecule has 0 radical (unpaired) electrons. The molecule has 0 spiro atoms. The third-order valence-corrected chi connectivity index (χ3v) is 1.71. The maximum Gasteiger partial charge on any atom is 0.142 e. The fourth-order valence-corrected chi connectivity index (χ4v) is 1.22. The lowest BCUT2D eigenvalue weighted by Gasteiger charge is -1.93. The molecule has 0 fully saturated rings. The van der Waals surface area contributed by atoms with Crippen molar-refractivity contribution in [3.8, 4) is 5.75 Å². The Bertz CT molecular complexity index is 396. The Morgan fingerprint density at radius 2 is 2.27 bits per heavy atom. The highest BCUT2D eigenvalue weighted by atomic mass is 35.5. The number of hydrogen-bond acceptors (Lipinski definition) is 2. The van der Waals surface area contributed by atoms with Gasteiger partial charge in [0.05, 0.1) is 6.20 Å². The highest BCUT2D eigenvalue weighted by molar-refractivity contribution is 6.31. The van der Waals surface area contributed by atoms with E-state index in [1.807, 2.05) is 0 Å². The minimum absolute atomic E-state index is 0.130. The number of aromatic amines is 1. The molecule has 1 aromatic carbocycles. The second-order valence-electron chi connectivity index (χ2n) is 2.26. The highest BCUT2D eigenvalue weighted by Gasteiger charge is 2.02. The minimum atomic E-state index is 0.130. The molecule has 0 aliphatic heterocycles. The monoisotopic (exact) mass is 168 g/mol. The molecular formula is C7H5ClN2O. The summed E-state index contributed by atoms with van der Waals surface area (Å²) in [6, 6.07) is 3.21. The van der Waals surface area contributed by atoms with Gasteiger partial charge in [-0.05, 0) is 6.07 Å². The van der Waals surface area contributed by atoms with E-state index in [0.29, 0.717) is 10.5 Å². The molecule has 0 amide bonds. The van der Waals surface area contributed by atoms with Crippen LogP contribution in [0.3, 0.4) is 0 Å². The fourth-order valence-electron chi connectivity index (χ4n) is 1.00. The molecule has 0 aliphatic rings. The summed E-state index contributed by atoms with van der Waals surface area (Å²) in [7, 11) is 0. The largest absolute Gasteiger partial charge is 0.506 e. The predicted octanol–water partition coefficient (Wildman–Crippen LogP) is 1.92. The SMILES string of the molecule is Oc1cc(Cl)cc2cn[nH]c12. The Labute approximate surface area is 67.6 Å². The Balaban J connectivity index is 2.91. The van der Waals surface area contributed by atoms with E-state index >= 15 is 0 Å². The summed E-state index contributed by atoms with van der Waals surface area (Å²) >= 11 is 5.68. The maximum atomic E-state index is 9.29. The number of benzene rings is 1. The van der Waals surface area contributed by atoms with Crippen LogP contribution in [0.4, 0.5) is 0 Å². The smallest absolute Gasteiger partial charge is 0.142 e. The van der Waals surface area contributed by atoms with E-state index in [1.54, 1.807) is 12.3 Å². The Kier molecular flexibility index (Phi) is 1.26. The number of aromatic nitrogens is 2. The average molecular weight is 169 g/mol. The van der Waals surface area contributed by atoms with Crippen molar-refractivity contribution < 1.29 is 5.11 Å². The van der Waals surface area contributed by atoms with E-state index in [-0.39, 0.29) is 5.75 Å². The van der Waals surface area contributed by atoms with Gasteiger partial charge in [0.2, 0.25) is 0 Å². The van der Waals surface area contributed by atoms with Gasteiger partial charge in [0.15, 0.2) is 0 Å². The van der Waals surface area contributed by atoms with Crippen LogP contribution < -0.4 is 0 Å². The lowest BCUT2D eigenvalue weighted by atomic mass is 10.2. The van der Waals surface area contributed by atoms with E-state index < -0.39 is 0 Å². The van der Waals surface area contributed by atoms with Crippen LogP contribution in [-0.2, 0) is 0 Å². The van der Waals surface area contributed by atoms with Crippen molar-refractivity contribution in [2.45, 2.75) is 0 Å². The molecule has 2 aromatic rings. The number of halogens is 1. The summed E-state index contributed by atoms with van der Waals surface area (Å²) in [5, 5.41) is 17.0. The van der Waals surface area contributed by atoms with E-state index in [2.05, 4.69) is 10.2 Å². The van der Waals surface area contributed by atoms with Gasteiger partial charge in [-0.15, -0.1) is 0 Å². The first kappa shape index (κ1) is 6.49. The summed E-state index contributed by atoms with van der Waals surface area (Å²) in [6.07, 6.45) is 1.61. The number of fused-ring (bicyclic) bond motifs is 1. The van der Waals surface area contributed by atoms with Gasteiger partial charge in [-0.1, -0.05) is 11.6 Å². The number of nitrogens with zero attached hydrogens (tertiary/aromatic N) is 1. The Hall–Kier alpha value is -1.22. The van der Waals surface area contributed by atoms with Gasteiger partial charge >= 0.3 is 0 Å². The molecule has 2 rings (SSSR count). The first-order chi connectivity index (χ1) is 5.27. The van der Waals surface area contributed by atoms with Crippen molar-refractivity contribution in [3.63, 3.8) is 0 Å². The number of rotatable bonds is 0. The molecule has 4 heteroatoms.